The van der Waals surface area contributed by atoms with E-state index in [1.165, 1.54) is 6.20 Å². The molecule has 0 fully saturated rings. The van der Waals surface area contributed by atoms with Crippen LogP contribution in [0, 0.1) is 0 Å². The molecule has 0 spiro atoms. The van der Waals surface area contributed by atoms with Crippen molar-refractivity contribution >= 4 is 46.7 Å². The molecule has 9 heteroatoms. The van der Waals surface area contributed by atoms with E-state index in [4.69, 9.17) is 27.6 Å². The lowest BCUT2D eigenvalue weighted by Gasteiger charge is -2.09. The summed E-state index contributed by atoms with van der Waals surface area (Å²) >= 11 is 12.8. The van der Waals surface area contributed by atoms with Crippen LogP contribution in [0.1, 0.15) is 6.92 Å². The molecule has 0 unspecified atom stereocenters. The zero-order valence-electron chi connectivity index (χ0n) is 12.9. The van der Waals surface area contributed by atoms with Gasteiger partial charge in [0.25, 0.3) is 5.22 Å². The normalized spacial score (nSPS) is 12.0. The van der Waals surface area contributed by atoms with Gasteiger partial charge in [-0.2, -0.15) is 0 Å². The van der Waals surface area contributed by atoms with E-state index in [0.717, 1.165) is 17.3 Å². The lowest BCUT2D eigenvalue weighted by atomic mass is 10.2. The van der Waals surface area contributed by atoms with Crippen molar-refractivity contribution in [1.82, 2.24) is 15.2 Å². The Labute approximate surface area is 158 Å². The fourth-order valence-electron chi connectivity index (χ4n) is 1.85. The van der Waals surface area contributed by atoms with E-state index in [1.807, 2.05) is 0 Å². The third-order valence-corrected chi connectivity index (χ3v) is 4.53. The number of rotatable bonds is 5. The van der Waals surface area contributed by atoms with Crippen molar-refractivity contribution in [3.8, 4) is 11.5 Å². The molecule has 0 bridgehead atoms. The molecule has 0 aliphatic heterocycles. The summed E-state index contributed by atoms with van der Waals surface area (Å²) in [5.74, 6) is 0.562. The zero-order chi connectivity index (χ0) is 17.8. The smallest absolute Gasteiger partial charge is 0.277 e. The van der Waals surface area contributed by atoms with Gasteiger partial charge in [0, 0.05) is 16.8 Å². The van der Waals surface area contributed by atoms with Crippen LogP contribution in [0.3, 0.4) is 0 Å². The molecule has 1 amide bonds. The summed E-state index contributed by atoms with van der Waals surface area (Å²) in [6.07, 6.45) is 1.46. The fourth-order valence-corrected chi connectivity index (χ4v) is 2.77. The molecule has 3 rings (SSSR count). The van der Waals surface area contributed by atoms with E-state index in [-0.39, 0.29) is 5.91 Å². The highest BCUT2D eigenvalue weighted by atomic mass is 35.5. The number of carbonyl (C=O) groups is 1. The molecule has 0 saturated heterocycles. The molecule has 25 heavy (non-hydrogen) atoms. The summed E-state index contributed by atoms with van der Waals surface area (Å²) in [5.41, 5.74) is 0.756. The number of hydrogen-bond acceptors (Lipinski definition) is 6. The number of nitrogens with one attached hydrogen (secondary N) is 1. The van der Waals surface area contributed by atoms with Crippen molar-refractivity contribution in [2.45, 2.75) is 17.4 Å². The lowest BCUT2D eigenvalue weighted by molar-refractivity contribution is -0.115. The molecule has 0 saturated carbocycles. The largest absolute Gasteiger partial charge is 0.411 e. The number of carbonyl (C=O) groups excluding carboxylic acids is 1. The lowest BCUT2D eigenvalue weighted by Crippen LogP contribution is -2.22. The van der Waals surface area contributed by atoms with Gasteiger partial charge in [0.15, 0.2) is 0 Å². The summed E-state index contributed by atoms with van der Waals surface area (Å²) in [5, 5.41) is 11.6. The van der Waals surface area contributed by atoms with E-state index in [2.05, 4.69) is 20.5 Å². The van der Waals surface area contributed by atoms with E-state index in [9.17, 15) is 4.79 Å². The number of thioether (sulfide) groups is 1. The third-order valence-electron chi connectivity index (χ3n) is 3.12. The maximum Gasteiger partial charge on any atom is 0.277 e. The Bertz CT molecular complexity index is 869. The van der Waals surface area contributed by atoms with Gasteiger partial charge >= 0.3 is 0 Å². The number of pyridine rings is 1. The van der Waals surface area contributed by atoms with E-state index >= 15 is 0 Å². The predicted octanol–water partition coefficient (Wildman–Crippen LogP) is 4.56. The van der Waals surface area contributed by atoms with Gasteiger partial charge in [0.2, 0.25) is 11.8 Å². The average Bonchev–Trinajstić information content (AvgIpc) is 3.06. The number of nitrogens with zero attached hydrogens (tertiary/aromatic N) is 3. The second kappa shape index (κ2) is 7.86. The Morgan fingerprint density at radius 2 is 1.84 bits per heavy atom. The van der Waals surface area contributed by atoms with Crippen molar-refractivity contribution in [2.75, 3.05) is 5.32 Å². The molecule has 6 nitrogen and oxygen atoms in total. The van der Waals surface area contributed by atoms with E-state index in [1.54, 1.807) is 43.3 Å². The first-order valence-corrected chi connectivity index (χ1v) is 8.83. The third kappa shape index (κ3) is 4.72. The van der Waals surface area contributed by atoms with Crippen LogP contribution in [-0.2, 0) is 4.79 Å². The van der Waals surface area contributed by atoms with Crippen LogP contribution in [0.4, 0.5) is 5.82 Å². The van der Waals surface area contributed by atoms with E-state index < -0.39 is 5.25 Å². The maximum absolute atomic E-state index is 12.2. The zero-order valence-corrected chi connectivity index (χ0v) is 15.3. The van der Waals surface area contributed by atoms with Crippen molar-refractivity contribution < 1.29 is 9.21 Å². The number of amides is 1. The van der Waals surface area contributed by atoms with E-state index in [0.29, 0.717) is 27.0 Å². The van der Waals surface area contributed by atoms with Crippen molar-refractivity contribution in [3.63, 3.8) is 0 Å². The summed E-state index contributed by atoms with van der Waals surface area (Å²) in [6.45, 7) is 1.74. The Hall–Kier alpha value is -2.09. The average molecular weight is 395 g/mol. The van der Waals surface area contributed by atoms with Crippen molar-refractivity contribution in [3.05, 3.63) is 52.6 Å². The van der Waals surface area contributed by atoms with Gasteiger partial charge in [-0.3, -0.25) is 4.79 Å². The molecule has 128 valence electrons. The predicted molar refractivity (Wildman–Crippen MR) is 97.9 cm³/mol. The molecular formula is C16H12Cl2N4O2S. The minimum Gasteiger partial charge on any atom is -0.411 e. The van der Waals surface area contributed by atoms with Crippen LogP contribution in [0.2, 0.25) is 10.0 Å². The molecule has 1 aromatic carbocycles. The van der Waals surface area contributed by atoms with Crippen LogP contribution in [0.15, 0.2) is 52.2 Å². The van der Waals surface area contributed by atoms with Crippen LogP contribution < -0.4 is 5.32 Å². The fraction of sp³-hybridized carbons (Fsp3) is 0.125. The first-order valence-electron chi connectivity index (χ1n) is 7.20. The second-order valence-corrected chi connectivity index (χ2v) is 7.16. The Morgan fingerprint density at radius 1 is 1.12 bits per heavy atom. The van der Waals surface area contributed by atoms with Crippen LogP contribution in [0.5, 0.6) is 0 Å². The summed E-state index contributed by atoms with van der Waals surface area (Å²) in [7, 11) is 0. The first kappa shape index (κ1) is 17.7. The quantitative estimate of drug-likeness (QED) is 0.638. The first-order chi connectivity index (χ1) is 12.0. The monoisotopic (exact) mass is 394 g/mol. The minimum absolute atomic E-state index is 0.230. The minimum atomic E-state index is -0.448. The summed E-state index contributed by atoms with van der Waals surface area (Å²) < 4.78 is 5.58. The summed E-state index contributed by atoms with van der Waals surface area (Å²) in [4.78, 5) is 16.2. The topological polar surface area (TPSA) is 80.9 Å². The number of aromatic nitrogens is 3. The van der Waals surface area contributed by atoms with Crippen molar-refractivity contribution in [2.24, 2.45) is 0 Å². The van der Waals surface area contributed by atoms with Crippen molar-refractivity contribution in [1.29, 1.82) is 0 Å². The maximum atomic E-state index is 12.2. The van der Waals surface area contributed by atoms with Crippen LogP contribution >= 0.6 is 35.0 Å². The van der Waals surface area contributed by atoms with Gasteiger partial charge in [0.05, 0.1) is 10.3 Å². The molecule has 0 radical (unpaired) electrons. The highest BCUT2D eigenvalue weighted by Crippen LogP contribution is 2.27. The Balaban J connectivity index is 1.62. The number of benzene rings is 1. The van der Waals surface area contributed by atoms with Gasteiger partial charge in [-0.1, -0.05) is 35.0 Å². The van der Waals surface area contributed by atoms with Gasteiger partial charge in [0.1, 0.15) is 5.82 Å². The molecule has 2 heterocycles. The van der Waals surface area contributed by atoms with Crippen LogP contribution in [0.25, 0.3) is 11.5 Å². The Morgan fingerprint density at radius 3 is 2.52 bits per heavy atom. The molecule has 3 aromatic rings. The van der Waals surface area contributed by atoms with Gasteiger partial charge in [-0.25, -0.2) is 4.98 Å². The highest BCUT2D eigenvalue weighted by Gasteiger charge is 2.19. The standard InChI is InChI=1S/C16H12Cl2N4O2S/c1-9(14(23)20-13-7-6-12(18)8-19-13)25-16-22-21-15(24-16)10-2-4-11(17)5-3-10/h2-9H,1H3,(H,19,20,23)/t9-/m1/s1. The molecular weight excluding hydrogens is 383 g/mol. The molecule has 0 aliphatic carbocycles. The van der Waals surface area contributed by atoms with Gasteiger partial charge in [-0.15, -0.1) is 10.2 Å². The SMILES string of the molecule is C[C@@H](Sc1nnc(-c2ccc(Cl)cc2)o1)C(=O)Nc1ccc(Cl)cn1. The Kier molecular flexibility index (Phi) is 5.57. The number of anilines is 1. The number of hydrogen-bond donors (Lipinski definition) is 1. The highest BCUT2D eigenvalue weighted by molar-refractivity contribution is 8.00. The van der Waals surface area contributed by atoms with Gasteiger partial charge in [-0.05, 0) is 43.3 Å². The molecule has 1 atom stereocenters. The second-order valence-electron chi connectivity index (χ2n) is 4.99. The van der Waals surface area contributed by atoms with Gasteiger partial charge < -0.3 is 9.73 Å². The molecule has 2 aromatic heterocycles. The number of halogens is 2. The molecule has 0 aliphatic rings. The molecule has 1 N–H and O–H groups in total. The summed E-state index contributed by atoms with van der Waals surface area (Å²) in [6, 6.07) is 10.3. The van der Waals surface area contributed by atoms with Crippen LogP contribution in [-0.4, -0.2) is 26.3 Å².